The molecular formula is C16H14N4O3S. The van der Waals surface area contributed by atoms with Gasteiger partial charge in [-0.15, -0.1) is 0 Å². The van der Waals surface area contributed by atoms with E-state index in [1.54, 1.807) is 36.4 Å². The molecule has 0 radical (unpaired) electrons. The molecule has 1 heterocycles. The molecule has 0 spiro atoms. The van der Waals surface area contributed by atoms with Gasteiger partial charge in [0.25, 0.3) is 5.91 Å². The summed E-state index contributed by atoms with van der Waals surface area (Å²) in [6.45, 7) is 0. The first kappa shape index (κ1) is 17.3. The Morgan fingerprint density at radius 1 is 1.33 bits per heavy atom. The minimum atomic E-state index is -1.31. The average Bonchev–Trinajstić information content (AvgIpc) is 2.55. The summed E-state index contributed by atoms with van der Waals surface area (Å²) in [7, 11) is 2.95. The molecule has 3 amide bonds. The highest BCUT2D eigenvalue weighted by Gasteiger charge is 2.38. The van der Waals surface area contributed by atoms with Gasteiger partial charge in [0.15, 0.2) is 5.11 Å². The maximum Gasteiger partial charge on any atom is 0.263 e. The molecule has 0 aliphatic carbocycles. The van der Waals surface area contributed by atoms with Crippen LogP contribution < -0.4 is 10.2 Å². The summed E-state index contributed by atoms with van der Waals surface area (Å²) >= 11 is 5.06. The molecule has 8 heteroatoms. The predicted octanol–water partition coefficient (Wildman–Crippen LogP) is 0.589. The van der Waals surface area contributed by atoms with Crippen molar-refractivity contribution in [2.24, 2.45) is 5.92 Å². The number of amides is 3. The predicted molar refractivity (Wildman–Crippen MR) is 90.5 cm³/mol. The van der Waals surface area contributed by atoms with Crippen LogP contribution in [-0.2, 0) is 14.4 Å². The SMILES string of the molecule is CN(C)C(=O)/C(C#N)=C\[C@H]1C(=O)NC(=S)N(c2ccccc2)C1=O. The van der Waals surface area contributed by atoms with Crippen molar-refractivity contribution in [3.05, 3.63) is 42.0 Å². The molecule has 0 saturated carbocycles. The van der Waals surface area contributed by atoms with Crippen LogP contribution in [0.25, 0.3) is 0 Å². The number of hydrogen-bond acceptors (Lipinski definition) is 5. The van der Waals surface area contributed by atoms with E-state index in [-0.39, 0.29) is 10.7 Å². The van der Waals surface area contributed by atoms with Crippen molar-refractivity contribution in [1.82, 2.24) is 10.2 Å². The van der Waals surface area contributed by atoms with Gasteiger partial charge in [-0.1, -0.05) is 18.2 Å². The fraction of sp³-hybridized carbons (Fsp3) is 0.188. The summed E-state index contributed by atoms with van der Waals surface area (Å²) in [4.78, 5) is 39.1. The van der Waals surface area contributed by atoms with Crippen LogP contribution in [0.1, 0.15) is 0 Å². The molecule has 1 aromatic carbocycles. The first-order chi connectivity index (χ1) is 11.4. The van der Waals surface area contributed by atoms with Crippen molar-refractivity contribution in [2.45, 2.75) is 0 Å². The van der Waals surface area contributed by atoms with Gasteiger partial charge in [0, 0.05) is 14.1 Å². The third kappa shape index (κ3) is 3.31. The average molecular weight is 342 g/mol. The van der Waals surface area contributed by atoms with Gasteiger partial charge < -0.3 is 10.2 Å². The number of benzene rings is 1. The van der Waals surface area contributed by atoms with Gasteiger partial charge in [-0.2, -0.15) is 5.26 Å². The second kappa shape index (κ2) is 7.02. The number of anilines is 1. The van der Waals surface area contributed by atoms with Crippen molar-refractivity contribution >= 4 is 40.7 Å². The fourth-order valence-electron chi connectivity index (χ4n) is 2.12. The number of carbonyl (C=O) groups is 3. The first-order valence-electron chi connectivity index (χ1n) is 6.94. The zero-order valence-corrected chi connectivity index (χ0v) is 13.8. The molecule has 1 aliphatic rings. The van der Waals surface area contributed by atoms with Crippen molar-refractivity contribution in [3.8, 4) is 6.07 Å². The highest BCUT2D eigenvalue weighted by atomic mass is 32.1. The summed E-state index contributed by atoms with van der Waals surface area (Å²) < 4.78 is 0. The molecule has 2 rings (SSSR count). The van der Waals surface area contributed by atoms with E-state index in [1.165, 1.54) is 23.9 Å². The number of nitriles is 1. The van der Waals surface area contributed by atoms with E-state index < -0.39 is 23.6 Å². The number of hydrogen-bond donors (Lipinski definition) is 1. The van der Waals surface area contributed by atoms with E-state index in [9.17, 15) is 14.4 Å². The summed E-state index contributed by atoms with van der Waals surface area (Å²) in [6.07, 6.45) is 1.07. The molecular weight excluding hydrogens is 328 g/mol. The normalized spacial score (nSPS) is 18.0. The van der Waals surface area contributed by atoms with Crippen LogP contribution in [0.3, 0.4) is 0 Å². The monoisotopic (exact) mass is 342 g/mol. The topological polar surface area (TPSA) is 93.5 Å². The zero-order valence-electron chi connectivity index (χ0n) is 13.0. The van der Waals surface area contributed by atoms with Crippen molar-refractivity contribution < 1.29 is 14.4 Å². The van der Waals surface area contributed by atoms with E-state index >= 15 is 0 Å². The number of likely N-dealkylation sites (N-methyl/N-ethyl adjacent to an activating group) is 1. The number of nitrogens with zero attached hydrogens (tertiary/aromatic N) is 3. The summed E-state index contributed by atoms with van der Waals surface area (Å²) in [5.74, 6) is -3.18. The van der Waals surface area contributed by atoms with Gasteiger partial charge in [0.05, 0.1) is 5.69 Å². The molecule has 1 fully saturated rings. The second-order valence-electron chi connectivity index (χ2n) is 5.17. The Morgan fingerprint density at radius 3 is 2.50 bits per heavy atom. The lowest BCUT2D eigenvalue weighted by atomic mass is 10.0. The molecule has 7 nitrogen and oxygen atoms in total. The molecule has 1 aromatic rings. The lowest BCUT2D eigenvalue weighted by Gasteiger charge is -2.31. The Hall–Kier alpha value is -3.05. The molecule has 1 atom stereocenters. The van der Waals surface area contributed by atoms with E-state index in [4.69, 9.17) is 17.5 Å². The van der Waals surface area contributed by atoms with E-state index in [1.807, 2.05) is 0 Å². The number of rotatable bonds is 3. The number of para-hydroxylation sites is 1. The second-order valence-corrected chi connectivity index (χ2v) is 5.56. The molecule has 24 heavy (non-hydrogen) atoms. The lowest BCUT2D eigenvalue weighted by molar-refractivity contribution is -0.131. The molecule has 122 valence electrons. The maximum absolute atomic E-state index is 12.7. The van der Waals surface area contributed by atoms with Crippen molar-refractivity contribution in [1.29, 1.82) is 5.26 Å². The van der Waals surface area contributed by atoms with Gasteiger partial charge in [0.1, 0.15) is 17.6 Å². The van der Waals surface area contributed by atoms with Gasteiger partial charge in [-0.25, -0.2) is 0 Å². The lowest BCUT2D eigenvalue weighted by Crippen LogP contribution is -2.57. The van der Waals surface area contributed by atoms with Crippen LogP contribution in [0.2, 0.25) is 0 Å². The van der Waals surface area contributed by atoms with Crippen LogP contribution in [0, 0.1) is 17.2 Å². The van der Waals surface area contributed by atoms with Crippen molar-refractivity contribution in [2.75, 3.05) is 19.0 Å². The quantitative estimate of drug-likeness (QED) is 0.375. The summed E-state index contributed by atoms with van der Waals surface area (Å²) in [6, 6.07) is 10.3. The third-order valence-corrected chi connectivity index (χ3v) is 3.59. The Kier molecular flexibility index (Phi) is 5.06. The molecule has 1 N–H and O–H groups in total. The van der Waals surface area contributed by atoms with Gasteiger partial charge >= 0.3 is 0 Å². The van der Waals surface area contributed by atoms with Gasteiger partial charge in [0.2, 0.25) is 11.8 Å². The van der Waals surface area contributed by atoms with Crippen LogP contribution in [-0.4, -0.2) is 41.8 Å². The van der Waals surface area contributed by atoms with E-state index in [2.05, 4.69) is 5.32 Å². The standard InChI is InChI=1S/C16H14N4O3S/c1-19(2)14(22)10(9-17)8-12-13(21)18-16(24)20(15(12)23)11-6-4-3-5-7-11/h3-8,12H,1-2H3,(H,18,21,24)/b10-8-/t12-/m0/s1. The van der Waals surface area contributed by atoms with Crippen LogP contribution in [0.15, 0.2) is 42.0 Å². The van der Waals surface area contributed by atoms with Gasteiger partial charge in [-0.3, -0.25) is 19.3 Å². The third-order valence-electron chi connectivity index (χ3n) is 3.31. The zero-order chi connectivity index (χ0) is 17.9. The Balaban J connectivity index is 2.42. The Labute approximate surface area is 144 Å². The Morgan fingerprint density at radius 2 is 1.96 bits per heavy atom. The van der Waals surface area contributed by atoms with E-state index in [0.717, 1.165) is 6.08 Å². The summed E-state index contributed by atoms with van der Waals surface area (Å²) in [5.41, 5.74) is 0.206. The molecule has 1 saturated heterocycles. The maximum atomic E-state index is 12.7. The smallest absolute Gasteiger partial charge is 0.263 e. The summed E-state index contributed by atoms with van der Waals surface area (Å²) in [5, 5.41) is 11.5. The number of thiocarbonyl (C=S) groups is 1. The number of carbonyl (C=O) groups excluding carboxylic acids is 3. The minimum absolute atomic E-state index is 0.0432. The number of nitrogens with one attached hydrogen (secondary N) is 1. The fourth-order valence-corrected chi connectivity index (χ4v) is 2.42. The van der Waals surface area contributed by atoms with Crippen LogP contribution in [0.5, 0.6) is 0 Å². The minimum Gasteiger partial charge on any atom is -0.344 e. The van der Waals surface area contributed by atoms with Gasteiger partial charge in [-0.05, 0) is 30.4 Å². The molecule has 0 aromatic heterocycles. The first-order valence-corrected chi connectivity index (χ1v) is 7.35. The van der Waals surface area contributed by atoms with E-state index in [0.29, 0.717) is 5.69 Å². The Bertz CT molecular complexity index is 780. The molecule has 0 bridgehead atoms. The highest BCUT2D eigenvalue weighted by molar-refractivity contribution is 7.80. The molecule has 1 aliphatic heterocycles. The largest absolute Gasteiger partial charge is 0.344 e. The van der Waals surface area contributed by atoms with Crippen molar-refractivity contribution in [3.63, 3.8) is 0 Å². The van der Waals surface area contributed by atoms with Crippen LogP contribution >= 0.6 is 12.2 Å². The van der Waals surface area contributed by atoms with Crippen LogP contribution in [0.4, 0.5) is 5.69 Å². The molecule has 0 unspecified atom stereocenters. The highest BCUT2D eigenvalue weighted by Crippen LogP contribution is 2.22.